The predicted molar refractivity (Wildman–Crippen MR) is 178 cm³/mol. The molecule has 2 aromatic carbocycles. The van der Waals surface area contributed by atoms with Crippen LogP contribution in [0.1, 0.15) is 71.2 Å². The third-order valence-electron chi connectivity index (χ3n) is 8.59. The van der Waals surface area contributed by atoms with Crippen molar-refractivity contribution in [3.8, 4) is 11.5 Å². The molecule has 8 nitrogen and oxygen atoms in total. The Morgan fingerprint density at radius 1 is 1.00 bits per heavy atom. The monoisotopic (exact) mass is 607 g/mol. The minimum atomic E-state index is -1.93. The number of aliphatic imine (C=N–C) groups is 1. The SMILES string of the molecule is COc1ccc(CN=C2CCCN(C(=O)OC(C)(C)C)c3cc4c(cc32)cc(CO[Si](C)(C)C(C)(C)C)n4C)c(OC)c1. The Kier molecular flexibility index (Phi) is 9.37. The van der Waals surface area contributed by atoms with Gasteiger partial charge < -0.3 is 23.2 Å². The van der Waals surface area contributed by atoms with Crippen LogP contribution in [0, 0.1) is 0 Å². The predicted octanol–water partition coefficient (Wildman–Crippen LogP) is 8.24. The Hall–Kier alpha value is -3.30. The number of carbonyl (C=O) groups is 1. The Morgan fingerprint density at radius 3 is 2.35 bits per heavy atom. The number of benzene rings is 2. The van der Waals surface area contributed by atoms with Crippen molar-refractivity contribution in [1.29, 1.82) is 0 Å². The van der Waals surface area contributed by atoms with Gasteiger partial charge in [-0.2, -0.15) is 0 Å². The number of fused-ring (bicyclic) bond motifs is 2. The van der Waals surface area contributed by atoms with E-state index in [-0.39, 0.29) is 11.1 Å². The van der Waals surface area contributed by atoms with Gasteiger partial charge in [-0.3, -0.25) is 9.89 Å². The van der Waals surface area contributed by atoms with Gasteiger partial charge in [-0.1, -0.05) is 20.8 Å². The maximum Gasteiger partial charge on any atom is 0.414 e. The molecule has 0 saturated carbocycles. The van der Waals surface area contributed by atoms with Crippen LogP contribution in [0.5, 0.6) is 11.5 Å². The highest BCUT2D eigenvalue weighted by atomic mass is 28.4. The molecule has 0 spiro atoms. The van der Waals surface area contributed by atoms with Crippen LogP contribution in [0.25, 0.3) is 10.9 Å². The minimum absolute atomic E-state index is 0.126. The van der Waals surface area contributed by atoms with Crippen molar-refractivity contribution < 1.29 is 23.4 Å². The number of aryl methyl sites for hydroxylation is 1. The molecule has 0 N–H and O–H groups in total. The van der Waals surface area contributed by atoms with Gasteiger partial charge in [-0.25, -0.2) is 4.79 Å². The number of ether oxygens (including phenoxy) is 3. The number of amides is 1. The standard InChI is InChI=1S/C34H49N3O5Si/c1-33(2,3)42-32(38)37-16-12-13-28(35-21-23-14-15-26(39-8)19-31(23)40-9)27-18-24-17-25(36(7)29(24)20-30(27)37)22-41-43(10,11)34(4,5)6/h14-15,17-20H,12-13,16,21-22H2,1-11H3. The lowest BCUT2D eigenvalue weighted by Crippen LogP contribution is -2.40. The van der Waals surface area contributed by atoms with Crippen molar-refractivity contribution >= 4 is 36.7 Å². The maximum atomic E-state index is 13.5. The van der Waals surface area contributed by atoms with Crippen LogP contribution in [0.4, 0.5) is 10.5 Å². The highest BCUT2D eigenvalue weighted by molar-refractivity contribution is 6.74. The molecule has 4 rings (SSSR count). The molecule has 0 aliphatic carbocycles. The quantitative estimate of drug-likeness (QED) is 0.253. The van der Waals surface area contributed by atoms with Crippen molar-refractivity contribution in [2.75, 3.05) is 25.7 Å². The van der Waals surface area contributed by atoms with Crippen LogP contribution in [0.2, 0.25) is 18.1 Å². The van der Waals surface area contributed by atoms with Gasteiger partial charge in [0.25, 0.3) is 0 Å². The van der Waals surface area contributed by atoms with E-state index in [1.54, 1.807) is 19.1 Å². The summed E-state index contributed by atoms with van der Waals surface area (Å²) in [6, 6.07) is 12.3. The molecular formula is C34H49N3O5Si. The van der Waals surface area contributed by atoms with Crippen molar-refractivity contribution in [3.05, 3.63) is 53.2 Å². The van der Waals surface area contributed by atoms with E-state index in [9.17, 15) is 4.79 Å². The number of hydrogen-bond acceptors (Lipinski definition) is 6. The highest BCUT2D eigenvalue weighted by Gasteiger charge is 2.37. The molecule has 3 aromatic rings. The zero-order valence-electron chi connectivity index (χ0n) is 27.9. The average molecular weight is 608 g/mol. The third kappa shape index (κ3) is 7.26. The van der Waals surface area contributed by atoms with Crippen LogP contribution in [-0.2, 0) is 29.4 Å². The van der Waals surface area contributed by atoms with Crippen LogP contribution >= 0.6 is 0 Å². The summed E-state index contributed by atoms with van der Waals surface area (Å²) >= 11 is 0. The van der Waals surface area contributed by atoms with E-state index in [0.29, 0.717) is 19.7 Å². The molecule has 0 atom stereocenters. The molecule has 1 aliphatic heterocycles. The number of hydrogen-bond donors (Lipinski definition) is 0. The Labute approximate surface area is 258 Å². The number of aromatic nitrogens is 1. The first kappa shape index (κ1) is 32.6. The second-order valence-electron chi connectivity index (χ2n) is 13.8. The fourth-order valence-corrected chi connectivity index (χ4v) is 5.93. The van der Waals surface area contributed by atoms with Crippen molar-refractivity contribution in [2.24, 2.45) is 12.0 Å². The summed E-state index contributed by atoms with van der Waals surface area (Å²) < 4.78 is 25.6. The van der Waals surface area contributed by atoms with Gasteiger partial charge in [-0.15, -0.1) is 0 Å². The second-order valence-corrected chi connectivity index (χ2v) is 18.7. The summed E-state index contributed by atoms with van der Waals surface area (Å²) in [6.45, 7) is 18.5. The number of methoxy groups -OCH3 is 2. The molecule has 1 aromatic heterocycles. The molecule has 43 heavy (non-hydrogen) atoms. The lowest BCUT2D eigenvalue weighted by molar-refractivity contribution is 0.0580. The first-order valence-corrected chi connectivity index (χ1v) is 18.0. The molecule has 0 unspecified atom stereocenters. The largest absolute Gasteiger partial charge is 0.497 e. The summed E-state index contributed by atoms with van der Waals surface area (Å²) in [7, 11) is 3.44. The van der Waals surface area contributed by atoms with E-state index >= 15 is 0 Å². The van der Waals surface area contributed by atoms with E-state index < -0.39 is 13.9 Å². The van der Waals surface area contributed by atoms with Gasteiger partial charge in [0.15, 0.2) is 8.32 Å². The molecule has 1 aliphatic rings. The molecule has 2 heterocycles. The lowest BCUT2D eigenvalue weighted by atomic mass is 10.0. The Balaban J connectivity index is 1.79. The van der Waals surface area contributed by atoms with Gasteiger partial charge >= 0.3 is 6.09 Å². The van der Waals surface area contributed by atoms with Gasteiger partial charge in [0.05, 0.1) is 38.6 Å². The highest BCUT2D eigenvalue weighted by Crippen LogP contribution is 2.38. The fraction of sp³-hybridized carbons (Fsp3) is 0.529. The van der Waals surface area contributed by atoms with Crippen LogP contribution < -0.4 is 14.4 Å². The van der Waals surface area contributed by atoms with E-state index in [2.05, 4.69) is 63.7 Å². The van der Waals surface area contributed by atoms with E-state index in [0.717, 1.165) is 63.5 Å². The van der Waals surface area contributed by atoms with Gasteiger partial charge in [0.1, 0.15) is 17.1 Å². The van der Waals surface area contributed by atoms with E-state index in [1.807, 2.05) is 39.0 Å². The molecule has 0 radical (unpaired) electrons. The summed E-state index contributed by atoms with van der Waals surface area (Å²) in [5, 5.41) is 1.22. The minimum Gasteiger partial charge on any atom is -0.497 e. The number of nitrogens with zero attached hydrogens (tertiary/aromatic N) is 3. The van der Waals surface area contributed by atoms with Crippen LogP contribution in [0.15, 0.2) is 41.4 Å². The van der Waals surface area contributed by atoms with Crippen LogP contribution in [-0.4, -0.2) is 51.1 Å². The Bertz CT molecular complexity index is 1510. The van der Waals surface area contributed by atoms with Crippen LogP contribution in [0.3, 0.4) is 0 Å². The molecule has 1 amide bonds. The second kappa shape index (κ2) is 12.4. The normalized spacial score (nSPS) is 15.4. The first-order valence-electron chi connectivity index (χ1n) is 15.1. The summed E-state index contributed by atoms with van der Waals surface area (Å²) in [5.74, 6) is 1.47. The first-order chi connectivity index (χ1) is 20.0. The fourth-order valence-electron chi connectivity index (χ4n) is 4.99. The van der Waals surface area contributed by atoms with E-state index in [4.69, 9.17) is 23.6 Å². The number of rotatable bonds is 7. The van der Waals surface area contributed by atoms with Crippen molar-refractivity contribution in [1.82, 2.24) is 4.57 Å². The zero-order valence-corrected chi connectivity index (χ0v) is 28.9. The van der Waals surface area contributed by atoms with E-state index in [1.165, 1.54) is 0 Å². The maximum absolute atomic E-state index is 13.5. The zero-order chi connectivity index (χ0) is 31.7. The molecule has 0 bridgehead atoms. The average Bonchev–Trinajstić information content (AvgIpc) is 3.11. The lowest BCUT2D eigenvalue weighted by Gasteiger charge is -2.36. The Morgan fingerprint density at radius 2 is 1.72 bits per heavy atom. The third-order valence-corrected chi connectivity index (χ3v) is 13.1. The van der Waals surface area contributed by atoms with Gasteiger partial charge in [0.2, 0.25) is 0 Å². The molecule has 0 fully saturated rings. The molecular weight excluding hydrogens is 558 g/mol. The summed E-state index contributed by atoms with van der Waals surface area (Å²) in [5.41, 5.74) is 5.24. The number of anilines is 1. The topological polar surface area (TPSA) is 74.5 Å². The van der Waals surface area contributed by atoms with Gasteiger partial charge in [-0.05, 0) is 82.1 Å². The summed E-state index contributed by atoms with van der Waals surface area (Å²) in [4.78, 5) is 20.4. The van der Waals surface area contributed by atoms with Crippen molar-refractivity contribution in [3.63, 3.8) is 0 Å². The molecule has 9 heteroatoms. The summed E-state index contributed by atoms with van der Waals surface area (Å²) in [6.07, 6.45) is 1.17. The molecule has 0 saturated heterocycles. The molecule has 234 valence electrons. The smallest absolute Gasteiger partial charge is 0.414 e. The van der Waals surface area contributed by atoms with Gasteiger partial charge in [0, 0.05) is 47.6 Å². The van der Waals surface area contributed by atoms with Crippen molar-refractivity contribution in [2.45, 2.75) is 91.3 Å². The number of carbonyl (C=O) groups excluding carboxylic acids is 1.